The normalized spacial score (nSPS) is 18.2. The number of nitrogens with zero attached hydrogens (tertiary/aromatic N) is 1. The summed E-state index contributed by atoms with van der Waals surface area (Å²) in [4.78, 5) is 29.2. The third-order valence-electron chi connectivity index (χ3n) is 5.51. The van der Waals surface area contributed by atoms with Gasteiger partial charge in [-0.25, -0.2) is 4.79 Å². The summed E-state index contributed by atoms with van der Waals surface area (Å²) in [6.45, 7) is 5.09. The van der Waals surface area contributed by atoms with Crippen LogP contribution in [0.5, 0.6) is 5.75 Å². The topological polar surface area (TPSA) is 70.7 Å². The van der Waals surface area contributed by atoms with Crippen molar-refractivity contribution in [1.29, 1.82) is 0 Å². The van der Waals surface area contributed by atoms with E-state index in [1.807, 2.05) is 23.6 Å². The Morgan fingerprint density at radius 1 is 1.23 bits per heavy atom. The Morgan fingerprint density at radius 3 is 2.80 bits per heavy atom. The molecular formula is C22H21N3O3S2. The Bertz CT molecular complexity index is 1090. The van der Waals surface area contributed by atoms with Crippen molar-refractivity contribution in [3.63, 3.8) is 0 Å². The molecule has 0 fully saturated rings. The van der Waals surface area contributed by atoms with Crippen LogP contribution in [0.1, 0.15) is 49.1 Å². The Morgan fingerprint density at radius 2 is 2.07 bits per heavy atom. The van der Waals surface area contributed by atoms with E-state index in [2.05, 4.69) is 22.5 Å². The maximum atomic E-state index is 12.9. The predicted octanol–water partition coefficient (Wildman–Crippen LogP) is 4.26. The van der Waals surface area contributed by atoms with Crippen LogP contribution >= 0.6 is 22.7 Å². The lowest BCUT2D eigenvalue weighted by Crippen LogP contribution is -2.38. The molecule has 1 unspecified atom stereocenters. The molecule has 2 aliphatic heterocycles. The lowest BCUT2D eigenvalue weighted by Gasteiger charge is -2.28. The van der Waals surface area contributed by atoms with Crippen LogP contribution in [0.3, 0.4) is 0 Å². The van der Waals surface area contributed by atoms with Gasteiger partial charge in [0, 0.05) is 18.0 Å². The lowest BCUT2D eigenvalue weighted by molar-refractivity contribution is 0.0739. The summed E-state index contributed by atoms with van der Waals surface area (Å²) < 4.78 is 5.42. The maximum absolute atomic E-state index is 12.9. The third kappa shape index (κ3) is 3.51. The summed E-state index contributed by atoms with van der Waals surface area (Å²) in [5.74, 6) is 0.0902. The summed E-state index contributed by atoms with van der Waals surface area (Å²) in [6, 6.07) is 10.8. The second-order valence-electron chi connectivity index (χ2n) is 7.31. The third-order valence-corrected chi connectivity index (χ3v) is 7.51. The van der Waals surface area contributed by atoms with Gasteiger partial charge in [-0.15, -0.1) is 22.7 Å². The van der Waals surface area contributed by atoms with E-state index in [0.29, 0.717) is 10.6 Å². The Hall–Kier alpha value is -2.68. The van der Waals surface area contributed by atoms with Gasteiger partial charge < -0.3 is 15.4 Å². The van der Waals surface area contributed by atoms with E-state index in [4.69, 9.17) is 4.74 Å². The SMILES string of the molecule is CCN1CCc2c(sc3c2C(=O)NC(c2ccc(OC(=O)c4cccs4)cc2)N3)C1. The van der Waals surface area contributed by atoms with E-state index >= 15 is 0 Å². The van der Waals surface area contributed by atoms with E-state index in [-0.39, 0.29) is 18.0 Å². The smallest absolute Gasteiger partial charge is 0.353 e. The van der Waals surface area contributed by atoms with E-state index in [0.717, 1.165) is 42.2 Å². The highest BCUT2D eigenvalue weighted by Crippen LogP contribution is 2.40. The zero-order valence-electron chi connectivity index (χ0n) is 16.4. The molecule has 2 N–H and O–H groups in total. The summed E-state index contributed by atoms with van der Waals surface area (Å²) >= 11 is 3.04. The molecule has 2 aromatic heterocycles. The van der Waals surface area contributed by atoms with Crippen LogP contribution in [-0.4, -0.2) is 29.9 Å². The molecule has 3 aromatic rings. The Kier molecular flexibility index (Phi) is 5.06. The van der Waals surface area contributed by atoms with Crippen LogP contribution in [0.4, 0.5) is 5.00 Å². The predicted molar refractivity (Wildman–Crippen MR) is 119 cm³/mol. The van der Waals surface area contributed by atoms with Gasteiger partial charge in [-0.3, -0.25) is 9.69 Å². The number of amides is 1. The van der Waals surface area contributed by atoms with Gasteiger partial charge in [0.05, 0.1) is 5.56 Å². The average Bonchev–Trinajstić information content (AvgIpc) is 3.41. The van der Waals surface area contributed by atoms with Crippen LogP contribution in [-0.2, 0) is 13.0 Å². The maximum Gasteiger partial charge on any atom is 0.353 e. The molecule has 6 nitrogen and oxygen atoms in total. The zero-order chi connectivity index (χ0) is 20.7. The van der Waals surface area contributed by atoms with Gasteiger partial charge in [0.25, 0.3) is 5.91 Å². The summed E-state index contributed by atoms with van der Waals surface area (Å²) in [6.07, 6.45) is 0.605. The molecule has 1 aromatic carbocycles. The molecular weight excluding hydrogens is 418 g/mol. The molecule has 154 valence electrons. The first-order chi connectivity index (χ1) is 14.6. The molecule has 8 heteroatoms. The minimum absolute atomic E-state index is 0.0237. The van der Waals surface area contributed by atoms with Crippen LogP contribution in [0.25, 0.3) is 0 Å². The highest BCUT2D eigenvalue weighted by Gasteiger charge is 2.33. The van der Waals surface area contributed by atoms with Crippen molar-refractivity contribution in [2.45, 2.75) is 26.1 Å². The number of esters is 1. The second kappa shape index (κ2) is 7.86. The van der Waals surface area contributed by atoms with Crippen molar-refractivity contribution in [1.82, 2.24) is 10.2 Å². The van der Waals surface area contributed by atoms with E-state index in [9.17, 15) is 9.59 Å². The standard InChI is InChI=1S/C22H21N3O3S2/c1-2-25-10-9-15-17(12-25)30-21-18(15)20(26)23-19(24-21)13-5-7-14(8-6-13)28-22(27)16-4-3-11-29-16/h3-8,11,19,24H,2,9-10,12H2,1H3,(H,23,26). The van der Waals surface area contributed by atoms with Crippen molar-refractivity contribution in [2.24, 2.45) is 0 Å². The first kappa shape index (κ1) is 19.3. The van der Waals surface area contributed by atoms with Crippen LogP contribution in [0.15, 0.2) is 41.8 Å². The van der Waals surface area contributed by atoms with Gasteiger partial charge in [-0.2, -0.15) is 0 Å². The molecule has 0 saturated carbocycles. The molecule has 0 saturated heterocycles. The molecule has 0 aliphatic carbocycles. The van der Waals surface area contributed by atoms with Gasteiger partial charge >= 0.3 is 5.97 Å². The number of nitrogens with one attached hydrogen (secondary N) is 2. The highest BCUT2D eigenvalue weighted by atomic mass is 32.1. The van der Waals surface area contributed by atoms with E-state index in [1.165, 1.54) is 21.8 Å². The molecule has 4 heterocycles. The molecule has 0 bridgehead atoms. The fraction of sp³-hybridized carbons (Fsp3) is 0.273. The van der Waals surface area contributed by atoms with Gasteiger partial charge in [-0.05, 0) is 47.7 Å². The number of benzene rings is 1. The van der Waals surface area contributed by atoms with Gasteiger partial charge in [-0.1, -0.05) is 25.1 Å². The number of thiophene rings is 2. The number of hydrogen-bond donors (Lipinski definition) is 2. The van der Waals surface area contributed by atoms with Gasteiger partial charge in [0.2, 0.25) is 0 Å². The Balaban J connectivity index is 1.32. The monoisotopic (exact) mass is 439 g/mol. The van der Waals surface area contributed by atoms with E-state index in [1.54, 1.807) is 29.5 Å². The lowest BCUT2D eigenvalue weighted by atomic mass is 10.0. The summed E-state index contributed by atoms with van der Waals surface area (Å²) in [7, 11) is 0. The van der Waals surface area contributed by atoms with Crippen molar-refractivity contribution >= 4 is 39.6 Å². The number of ether oxygens (including phenoxy) is 1. The minimum atomic E-state index is -0.364. The summed E-state index contributed by atoms with van der Waals surface area (Å²) in [5.41, 5.74) is 2.91. The van der Waals surface area contributed by atoms with Gasteiger partial charge in [0.1, 0.15) is 21.8 Å². The molecule has 30 heavy (non-hydrogen) atoms. The quantitative estimate of drug-likeness (QED) is 0.470. The minimum Gasteiger partial charge on any atom is -0.422 e. The average molecular weight is 440 g/mol. The zero-order valence-corrected chi connectivity index (χ0v) is 18.1. The number of hydrogen-bond acceptors (Lipinski definition) is 7. The number of rotatable bonds is 4. The Labute approximate surface area is 182 Å². The van der Waals surface area contributed by atoms with Gasteiger partial charge in [0.15, 0.2) is 0 Å². The molecule has 1 atom stereocenters. The molecule has 0 radical (unpaired) electrons. The molecule has 5 rings (SSSR count). The number of fused-ring (bicyclic) bond motifs is 3. The second-order valence-corrected chi connectivity index (χ2v) is 9.37. The largest absolute Gasteiger partial charge is 0.422 e. The van der Waals surface area contributed by atoms with Crippen molar-refractivity contribution < 1.29 is 14.3 Å². The fourth-order valence-corrected chi connectivity index (χ4v) is 5.80. The molecule has 0 spiro atoms. The number of carbonyl (C=O) groups excluding carboxylic acids is 2. The van der Waals surface area contributed by atoms with E-state index < -0.39 is 0 Å². The van der Waals surface area contributed by atoms with Crippen LogP contribution in [0, 0.1) is 0 Å². The first-order valence-corrected chi connectivity index (χ1v) is 11.6. The molecule has 1 amide bonds. The first-order valence-electron chi connectivity index (χ1n) is 9.92. The number of anilines is 1. The number of carbonyl (C=O) groups is 2. The summed E-state index contributed by atoms with van der Waals surface area (Å²) in [5, 5.41) is 9.33. The number of likely N-dealkylation sites (N-methyl/N-ethyl adjacent to an activating group) is 1. The van der Waals surface area contributed by atoms with Crippen LogP contribution < -0.4 is 15.4 Å². The van der Waals surface area contributed by atoms with Crippen LogP contribution in [0.2, 0.25) is 0 Å². The molecule has 2 aliphatic rings. The van der Waals surface area contributed by atoms with Crippen molar-refractivity contribution in [3.05, 3.63) is 68.2 Å². The van der Waals surface area contributed by atoms with Crippen molar-refractivity contribution in [3.8, 4) is 5.75 Å². The fourth-order valence-electron chi connectivity index (χ4n) is 3.89. The van der Waals surface area contributed by atoms with Crippen molar-refractivity contribution in [2.75, 3.05) is 18.4 Å². The highest BCUT2D eigenvalue weighted by molar-refractivity contribution is 7.16.